The lowest BCUT2D eigenvalue weighted by atomic mass is 9.97. The van der Waals surface area contributed by atoms with Crippen molar-refractivity contribution < 1.29 is 4.79 Å². The zero-order chi connectivity index (χ0) is 9.42. The Morgan fingerprint density at radius 3 is 2.85 bits per heavy atom. The van der Waals surface area contributed by atoms with Crippen LogP contribution in [0.25, 0.3) is 0 Å². The SMILES string of the molecule is Cc1ccc2c(c1)C(=O)CN(C)C2. The molecule has 0 bridgehead atoms. The first-order valence-corrected chi connectivity index (χ1v) is 4.48. The molecule has 1 aromatic rings. The van der Waals surface area contributed by atoms with Gasteiger partial charge < -0.3 is 0 Å². The van der Waals surface area contributed by atoms with E-state index in [1.165, 1.54) is 0 Å². The maximum atomic E-state index is 11.6. The molecule has 0 aliphatic carbocycles. The largest absolute Gasteiger partial charge is 0.295 e. The van der Waals surface area contributed by atoms with E-state index in [2.05, 4.69) is 12.1 Å². The Balaban J connectivity index is 2.49. The third-order valence-electron chi connectivity index (χ3n) is 2.42. The molecule has 2 rings (SSSR count). The quantitative estimate of drug-likeness (QED) is 0.597. The summed E-state index contributed by atoms with van der Waals surface area (Å²) < 4.78 is 0. The Morgan fingerprint density at radius 1 is 1.31 bits per heavy atom. The van der Waals surface area contributed by atoms with Crippen LogP contribution < -0.4 is 0 Å². The Hall–Kier alpha value is -1.15. The van der Waals surface area contributed by atoms with Gasteiger partial charge in [0.1, 0.15) is 0 Å². The van der Waals surface area contributed by atoms with Gasteiger partial charge in [-0.2, -0.15) is 0 Å². The average molecular weight is 175 g/mol. The number of hydrogen-bond donors (Lipinski definition) is 0. The number of fused-ring (bicyclic) bond motifs is 1. The van der Waals surface area contributed by atoms with Crippen LogP contribution in [-0.2, 0) is 6.54 Å². The molecule has 0 fully saturated rings. The molecular formula is C11H13NO. The van der Waals surface area contributed by atoms with E-state index in [0.717, 1.165) is 23.2 Å². The van der Waals surface area contributed by atoms with Gasteiger partial charge in [-0.15, -0.1) is 0 Å². The molecule has 1 aliphatic rings. The third kappa shape index (κ3) is 1.49. The number of hydrogen-bond acceptors (Lipinski definition) is 2. The molecule has 0 saturated carbocycles. The average Bonchev–Trinajstić information content (AvgIpc) is 2.06. The molecular weight excluding hydrogens is 162 g/mol. The lowest BCUT2D eigenvalue weighted by Crippen LogP contribution is -2.31. The zero-order valence-corrected chi connectivity index (χ0v) is 8.00. The van der Waals surface area contributed by atoms with Gasteiger partial charge in [0.25, 0.3) is 0 Å². The Kier molecular flexibility index (Phi) is 1.93. The summed E-state index contributed by atoms with van der Waals surface area (Å²) in [6.45, 7) is 3.46. The van der Waals surface area contributed by atoms with Gasteiger partial charge in [-0.1, -0.05) is 17.7 Å². The first-order valence-electron chi connectivity index (χ1n) is 4.48. The van der Waals surface area contributed by atoms with E-state index in [1.807, 2.05) is 24.9 Å². The normalized spacial score (nSPS) is 17.2. The van der Waals surface area contributed by atoms with E-state index < -0.39 is 0 Å². The van der Waals surface area contributed by atoms with Crippen molar-refractivity contribution in [3.63, 3.8) is 0 Å². The molecule has 0 N–H and O–H groups in total. The van der Waals surface area contributed by atoms with Gasteiger partial charge in [0, 0.05) is 12.1 Å². The summed E-state index contributed by atoms with van der Waals surface area (Å²) in [7, 11) is 1.97. The van der Waals surface area contributed by atoms with Crippen LogP contribution in [0.3, 0.4) is 0 Å². The van der Waals surface area contributed by atoms with Crippen molar-refractivity contribution in [2.24, 2.45) is 0 Å². The van der Waals surface area contributed by atoms with Crippen LogP contribution in [0.15, 0.2) is 18.2 Å². The lowest BCUT2D eigenvalue weighted by Gasteiger charge is -2.23. The molecule has 0 atom stereocenters. The smallest absolute Gasteiger partial charge is 0.177 e. The molecule has 1 heterocycles. The maximum Gasteiger partial charge on any atom is 0.177 e. The molecule has 1 aliphatic heterocycles. The topological polar surface area (TPSA) is 20.3 Å². The lowest BCUT2D eigenvalue weighted by molar-refractivity contribution is 0.0922. The van der Waals surface area contributed by atoms with Crippen molar-refractivity contribution in [1.29, 1.82) is 0 Å². The Bertz CT molecular complexity index is 357. The van der Waals surface area contributed by atoms with E-state index in [9.17, 15) is 4.79 Å². The molecule has 13 heavy (non-hydrogen) atoms. The predicted molar refractivity (Wildman–Crippen MR) is 51.8 cm³/mol. The monoisotopic (exact) mass is 175 g/mol. The van der Waals surface area contributed by atoms with E-state index in [1.54, 1.807) is 0 Å². The summed E-state index contributed by atoms with van der Waals surface area (Å²) in [5.74, 6) is 0.243. The fraction of sp³-hybridized carbons (Fsp3) is 0.364. The fourth-order valence-corrected chi connectivity index (χ4v) is 1.76. The van der Waals surface area contributed by atoms with Crippen LogP contribution >= 0.6 is 0 Å². The highest BCUT2D eigenvalue weighted by molar-refractivity contribution is 6.00. The highest BCUT2D eigenvalue weighted by Crippen LogP contribution is 2.18. The van der Waals surface area contributed by atoms with Gasteiger partial charge in [0.2, 0.25) is 0 Å². The summed E-state index contributed by atoms with van der Waals surface area (Å²) in [5, 5.41) is 0. The first kappa shape index (κ1) is 8.45. The Morgan fingerprint density at radius 2 is 2.08 bits per heavy atom. The van der Waals surface area contributed by atoms with Crippen LogP contribution in [-0.4, -0.2) is 24.3 Å². The van der Waals surface area contributed by atoms with E-state index in [0.29, 0.717) is 6.54 Å². The number of Topliss-reactive ketones (excluding diaryl/α,β-unsaturated/α-hetero) is 1. The number of ketones is 1. The van der Waals surface area contributed by atoms with Crippen molar-refractivity contribution in [1.82, 2.24) is 4.90 Å². The molecule has 2 heteroatoms. The minimum atomic E-state index is 0.243. The number of nitrogens with zero attached hydrogens (tertiary/aromatic N) is 1. The van der Waals surface area contributed by atoms with Gasteiger partial charge in [0.15, 0.2) is 5.78 Å². The first-order chi connectivity index (χ1) is 6.16. The fourth-order valence-electron chi connectivity index (χ4n) is 1.76. The van der Waals surface area contributed by atoms with Crippen molar-refractivity contribution in [2.75, 3.05) is 13.6 Å². The molecule has 0 radical (unpaired) electrons. The number of benzene rings is 1. The number of aryl methyl sites for hydroxylation is 1. The standard InChI is InChI=1S/C11H13NO/c1-8-3-4-9-6-12(2)7-11(13)10(9)5-8/h3-5H,6-7H2,1-2H3. The van der Waals surface area contributed by atoms with Gasteiger partial charge >= 0.3 is 0 Å². The molecule has 0 spiro atoms. The van der Waals surface area contributed by atoms with Crippen molar-refractivity contribution in [3.05, 3.63) is 34.9 Å². The van der Waals surface area contributed by atoms with Gasteiger partial charge in [-0.3, -0.25) is 9.69 Å². The number of carbonyl (C=O) groups is 1. The van der Waals surface area contributed by atoms with Crippen LogP contribution in [0.4, 0.5) is 0 Å². The molecule has 0 unspecified atom stereocenters. The zero-order valence-electron chi connectivity index (χ0n) is 8.00. The Labute approximate surface area is 78.2 Å². The minimum Gasteiger partial charge on any atom is -0.295 e. The predicted octanol–water partition coefficient (Wildman–Crippen LogP) is 1.62. The van der Waals surface area contributed by atoms with E-state index in [-0.39, 0.29) is 5.78 Å². The van der Waals surface area contributed by atoms with Crippen LogP contribution in [0, 0.1) is 6.92 Å². The number of rotatable bonds is 0. The number of carbonyl (C=O) groups excluding carboxylic acids is 1. The van der Waals surface area contributed by atoms with Crippen molar-refractivity contribution >= 4 is 5.78 Å². The van der Waals surface area contributed by atoms with Gasteiger partial charge in [-0.25, -0.2) is 0 Å². The second kappa shape index (κ2) is 2.96. The number of likely N-dealkylation sites (N-methyl/N-ethyl adjacent to an activating group) is 1. The summed E-state index contributed by atoms with van der Waals surface area (Å²) in [6.07, 6.45) is 0. The van der Waals surface area contributed by atoms with Crippen molar-refractivity contribution in [2.45, 2.75) is 13.5 Å². The van der Waals surface area contributed by atoms with Crippen LogP contribution in [0.5, 0.6) is 0 Å². The van der Waals surface area contributed by atoms with Gasteiger partial charge in [-0.05, 0) is 25.6 Å². The molecule has 0 saturated heterocycles. The second-order valence-electron chi connectivity index (χ2n) is 3.76. The molecule has 0 aromatic heterocycles. The highest BCUT2D eigenvalue weighted by atomic mass is 16.1. The van der Waals surface area contributed by atoms with Crippen LogP contribution in [0.1, 0.15) is 21.5 Å². The summed E-state index contributed by atoms with van der Waals surface area (Å²) >= 11 is 0. The van der Waals surface area contributed by atoms with E-state index >= 15 is 0 Å². The molecule has 2 nitrogen and oxygen atoms in total. The summed E-state index contributed by atoms with van der Waals surface area (Å²) in [5.41, 5.74) is 3.24. The van der Waals surface area contributed by atoms with Crippen molar-refractivity contribution in [3.8, 4) is 0 Å². The molecule has 1 aromatic carbocycles. The van der Waals surface area contributed by atoms with Gasteiger partial charge in [0.05, 0.1) is 6.54 Å². The maximum absolute atomic E-state index is 11.6. The summed E-state index contributed by atoms with van der Waals surface area (Å²) in [4.78, 5) is 13.6. The third-order valence-corrected chi connectivity index (χ3v) is 2.42. The van der Waals surface area contributed by atoms with Crippen LogP contribution in [0.2, 0.25) is 0 Å². The summed E-state index contributed by atoms with van der Waals surface area (Å²) in [6, 6.07) is 6.11. The highest BCUT2D eigenvalue weighted by Gasteiger charge is 2.19. The van der Waals surface area contributed by atoms with E-state index in [4.69, 9.17) is 0 Å². The second-order valence-corrected chi connectivity index (χ2v) is 3.76. The minimum absolute atomic E-state index is 0.243. The molecule has 68 valence electrons. The molecule has 0 amide bonds.